The number of rotatable bonds is 6. The standard InChI is InChI=1S/C17H26N2O2S/c1-17(2,21)13-19(12-14-7-4-3-5-8-14)16(20)18-11-15-9-6-10-22-15/h3-5,7-8,15,21H,6,9-13H2,1-2H3,(H,18,20)/t15-/m0/s1. The summed E-state index contributed by atoms with van der Waals surface area (Å²) in [5.41, 5.74) is 0.158. The number of amides is 2. The minimum absolute atomic E-state index is 0.0986. The van der Waals surface area contributed by atoms with Crippen LogP contribution in [-0.4, -0.2) is 45.7 Å². The molecule has 4 nitrogen and oxygen atoms in total. The Morgan fingerprint density at radius 2 is 2.14 bits per heavy atom. The topological polar surface area (TPSA) is 52.6 Å². The summed E-state index contributed by atoms with van der Waals surface area (Å²) in [4.78, 5) is 14.2. The summed E-state index contributed by atoms with van der Waals surface area (Å²) in [6, 6.07) is 9.78. The van der Waals surface area contributed by atoms with Gasteiger partial charge in [-0.05, 0) is 38.0 Å². The Kier molecular flexibility index (Phi) is 6.15. The van der Waals surface area contributed by atoms with E-state index in [-0.39, 0.29) is 6.03 Å². The normalized spacial score (nSPS) is 18.2. The number of aliphatic hydroxyl groups is 1. The Balaban J connectivity index is 1.94. The third kappa shape index (κ3) is 5.89. The molecule has 1 aliphatic rings. The number of hydrogen-bond donors (Lipinski definition) is 2. The van der Waals surface area contributed by atoms with Gasteiger partial charge in [0.25, 0.3) is 0 Å². The second-order valence-electron chi connectivity index (χ2n) is 6.48. The molecule has 0 aliphatic carbocycles. The molecule has 2 rings (SSSR count). The first-order valence-electron chi connectivity index (χ1n) is 7.85. The van der Waals surface area contributed by atoms with Gasteiger partial charge in [-0.25, -0.2) is 4.79 Å². The van der Waals surface area contributed by atoms with Crippen LogP contribution in [0, 0.1) is 0 Å². The van der Waals surface area contributed by atoms with Gasteiger partial charge in [0.15, 0.2) is 0 Å². The molecule has 1 aromatic carbocycles. The number of hydrogen-bond acceptors (Lipinski definition) is 3. The van der Waals surface area contributed by atoms with E-state index in [1.54, 1.807) is 18.7 Å². The SMILES string of the molecule is CC(C)(O)CN(Cc1ccccc1)C(=O)NC[C@@H]1CCCS1. The number of nitrogens with zero attached hydrogens (tertiary/aromatic N) is 1. The molecule has 0 bridgehead atoms. The minimum Gasteiger partial charge on any atom is -0.389 e. The van der Waals surface area contributed by atoms with E-state index >= 15 is 0 Å². The summed E-state index contributed by atoms with van der Waals surface area (Å²) < 4.78 is 0. The van der Waals surface area contributed by atoms with Gasteiger partial charge in [-0.2, -0.15) is 11.8 Å². The van der Waals surface area contributed by atoms with E-state index in [1.807, 2.05) is 42.1 Å². The molecule has 0 unspecified atom stereocenters. The predicted molar refractivity (Wildman–Crippen MR) is 92.0 cm³/mol. The van der Waals surface area contributed by atoms with E-state index in [9.17, 15) is 9.90 Å². The van der Waals surface area contributed by atoms with Crippen molar-refractivity contribution in [2.75, 3.05) is 18.8 Å². The summed E-state index contributed by atoms with van der Waals surface area (Å²) in [5, 5.41) is 13.6. The number of nitrogens with one attached hydrogen (secondary N) is 1. The van der Waals surface area contributed by atoms with Crippen molar-refractivity contribution in [3.8, 4) is 0 Å². The highest BCUT2D eigenvalue weighted by Gasteiger charge is 2.24. The lowest BCUT2D eigenvalue weighted by Gasteiger charge is -2.29. The number of benzene rings is 1. The van der Waals surface area contributed by atoms with Crippen LogP contribution in [0.1, 0.15) is 32.3 Å². The van der Waals surface area contributed by atoms with Crippen LogP contribution in [0.15, 0.2) is 30.3 Å². The first-order valence-corrected chi connectivity index (χ1v) is 8.89. The fraction of sp³-hybridized carbons (Fsp3) is 0.588. The number of thioether (sulfide) groups is 1. The molecule has 0 radical (unpaired) electrons. The summed E-state index contributed by atoms with van der Waals surface area (Å²) in [6.07, 6.45) is 2.41. The molecule has 5 heteroatoms. The fourth-order valence-electron chi connectivity index (χ4n) is 2.59. The fourth-order valence-corrected chi connectivity index (χ4v) is 3.79. The number of urea groups is 1. The lowest BCUT2D eigenvalue weighted by atomic mass is 10.1. The average Bonchev–Trinajstić information content (AvgIpc) is 2.97. The summed E-state index contributed by atoms with van der Waals surface area (Å²) in [7, 11) is 0. The van der Waals surface area contributed by atoms with Gasteiger partial charge in [0.1, 0.15) is 0 Å². The van der Waals surface area contributed by atoms with Gasteiger partial charge in [0, 0.05) is 18.3 Å². The van der Waals surface area contributed by atoms with Crippen LogP contribution in [0.2, 0.25) is 0 Å². The maximum atomic E-state index is 12.5. The lowest BCUT2D eigenvalue weighted by molar-refractivity contribution is 0.0447. The summed E-state index contributed by atoms with van der Waals surface area (Å²) >= 11 is 1.93. The van der Waals surface area contributed by atoms with Crippen LogP contribution in [0.5, 0.6) is 0 Å². The lowest BCUT2D eigenvalue weighted by Crippen LogP contribution is -2.47. The Labute approximate surface area is 137 Å². The van der Waals surface area contributed by atoms with Crippen molar-refractivity contribution in [3.63, 3.8) is 0 Å². The van der Waals surface area contributed by atoms with Crippen molar-refractivity contribution < 1.29 is 9.90 Å². The molecule has 2 N–H and O–H groups in total. The second kappa shape index (κ2) is 7.88. The Morgan fingerprint density at radius 1 is 1.41 bits per heavy atom. The monoisotopic (exact) mass is 322 g/mol. The van der Waals surface area contributed by atoms with Gasteiger partial charge < -0.3 is 15.3 Å². The molecule has 22 heavy (non-hydrogen) atoms. The zero-order valence-corrected chi connectivity index (χ0v) is 14.2. The van der Waals surface area contributed by atoms with E-state index in [1.165, 1.54) is 18.6 Å². The van der Waals surface area contributed by atoms with Crippen molar-refractivity contribution in [1.29, 1.82) is 0 Å². The molecule has 1 fully saturated rings. The minimum atomic E-state index is -0.909. The highest BCUT2D eigenvalue weighted by molar-refractivity contribution is 8.00. The highest BCUT2D eigenvalue weighted by atomic mass is 32.2. The first-order chi connectivity index (χ1) is 10.4. The molecule has 1 aromatic rings. The quantitative estimate of drug-likeness (QED) is 0.847. The van der Waals surface area contributed by atoms with Crippen LogP contribution in [-0.2, 0) is 6.54 Å². The number of carbonyl (C=O) groups is 1. The van der Waals surface area contributed by atoms with Crippen molar-refractivity contribution >= 4 is 17.8 Å². The van der Waals surface area contributed by atoms with Crippen LogP contribution in [0.4, 0.5) is 4.79 Å². The van der Waals surface area contributed by atoms with Gasteiger partial charge in [-0.3, -0.25) is 0 Å². The zero-order valence-electron chi connectivity index (χ0n) is 13.4. The molecule has 0 aromatic heterocycles. The summed E-state index contributed by atoms with van der Waals surface area (Å²) in [6.45, 7) is 4.98. The van der Waals surface area contributed by atoms with Crippen LogP contribution < -0.4 is 5.32 Å². The molecule has 0 spiro atoms. The number of carbonyl (C=O) groups excluding carboxylic acids is 1. The molecular formula is C17H26N2O2S. The average molecular weight is 322 g/mol. The molecule has 1 saturated heterocycles. The summed E-state index contributed by atoms with van der Waals surface area (Å²) in [5.74, 6) is 1.19. The largest absolute Gasteiger partial charge is 0.389 e. The van der Waals surface area contributed by atoms with Crippen LogP contribution in [0.3, 0.4) is 0 Å². The van der Waals surface area contributed by atoms with Crippen LogP contribution in [0.25, 0.3) is 0 Å². The molecule has 1 atom stereocenters. The Morgan fingerprint density at radius 3 is 2.73 bits per heavy atom. The van der Waals surface area contributed by atoms with E-state index in [0.717, 1.165) is 5.56 Å². The van der Waals surface area contributed by atoms with E-state index in [0.29, 0.717) is 24.9 Å². The zero-order chi connectivity index (χ0) is 16.0. The smallest absolute Gasteiger partial charge is 0.317 e. The van der Waals surface area contributed by atoms with E-state index in [4.69, 9.17) is 0 Å². The third-order valence-corrected chi connectivity index (χ3v) is 4.98. The van der Waals surface area contributed by atoms with Crippen molar-refractivity contribution in [2.45, 2.75) is 44.1 Å². The molecule has 0 saturated carbocycles. The van der Waals surface area contributed by atoms with Gasteiger partial charge in [0.2, 0.25) is 0 Å². The predicted octanol–water partition coefficient (Wildman–Crippen LogP) is 2.86. The maximum absolute atomic E-state index is 12.5. The molecular weight excluding hydrogens is 296 g/mol. The second-order valence-corrected chi connectivity index (χ2v) is 7.88. The van der Waals surface area contributed by atoms with Gasteiger partial charge in [-0.1, -0.05) is 30.3 Å². The molecule has 1 aliphatic heterocycles. The molecule has 122 valence electrons. The highest BCUT2D eigenvalue weighted by Crippen LogP contribution is 2.25. The Hall–Kier alpha value is -1.20. The van der Waals surface area contributed by atoms with Crippen molar-refractivity contribution in [2.24, 2.45) is 0 Å². The van der Waals surface area contributed by atoms with Crippen molar-refractivity contribution in [1.82, 2.24) is 10.2 Å². The van der Waals surface area contributed by atoms with Gasteiger partial charge in [-0.15, -0.1) is 0 Å². The maximum Gasteiger partial charge on any atom is 0.317 e. The van der Waals surface area contributed by atoms with E-state index in [2.05, 4.69) is 5.32 Å². The van der Waals surface area contributed by atoms with Crippen molar-refractivity contribution in [3.05, 3.63) is 35.9 Å². The Bertz CT molecular complexity index is 467. The van der Waals surface area contributed by atoms with Crippen LogP contribution >= 0.6 is 11.8 Å². The molecule has 2 amide bonds. The third-order valence-electron chi connectivity index (χ3n) is 3.59. The van der Waals surface area contributed by atoms with E-state index < -0.39 is 5.60 Å². The van der Waals surface area contributed by atoms with Gasteiger partial charge in [0.05, 0.1) is 12.1 Å². The molecule has 1 heterocycles. The first kappa shape index (κ1) is 17.2. The van der Waals surface area contributed by atoms with Gasteiger partial charge >= 0.3 is 6.03 Å².